The Morgan fingerprint density at radius 1 is 1.25 bits per heavy atom. The summed E-state index contributed by atoms with van der Waals surface area (Å²) in [7, 11) is 0. The highest BCUT2D eigenvalue weighted by atomic mass is 35.5. The standard InChI is InChI=1S/C16H16ClFO2/c1-10-3-5-13(11(2)19)16(7-10)20-9-12-4-6-14(17)15(18)8-12/h3-8,11,19H,9H2,1-2H3/t11-/m0/s1. The van der Waals surface area contributed by atoms with E-state index in [1.54, 1.807) is 13.0 Å². The number of aryl methyl sites for hydroxylation is 1. The summed E-state index contributed by atoms with van der Waals surface area (Å²) in [6, 6.07) is 10.2. The second kappa shape index (κ2) is 6.25. The second-order valence-electron chi connectivity index (χ2n) is 4.75. The Morgan fingerprint density at radius 3 is 2.65 bits per heavy atom. The Balaban J connectivity index is 2.17. The van der Waals surface area contributed by atoms with E-state index in [1.807, 2.05) is 25.1 Å². The molecule has 0 bridgehead atoms. The molecule has 0 unspecified atom stereocenters. The Labute approximate surface area is 122 Å². The predicted octanol–water partition coefficient (Wildman–Crippen LogP) is 4.42. The zero-order chi connectivity index (χ0) is 14.7. The minimum absolute atomic E-state index is 0.0916. The van der Waals surface area contributed by atoms with Crippen LogP contribution in [0, 0.1) is 12.7 Å². The summed E-state index contributed by atoms with van der Waals surface area (Å²) < 4.78 is 19.0. The lowest BCUT2D eigenvalue weighted by Crippen LogP contribution is -2.01. The van der Waals surface area contributed by atoms with Crippen LogP contribution >= 0.6 is 11.6 Å². The van der Waals surface area contributed by atoms with Gasteiger partial charge in [0.15, 0.2) is 0 Å². The lowest BCUT2D eigenvalue weighted by molar-refractivity contribution is 0.190. The van der Waals surface area contributed by atoms with Crippen molar-refractivity contribution in [2.75, 3.05) is 0 Å². The average Bonchev–Trinajstić information content (AvgIpc) is 2.40. The van der Waals surface area contributed by atoms with Crippen LogP contribution in [0.3, 0.4) is 0 Å². The molecule has 2 rings (SSSR count). The van der Waals surface area contributed by atoms with Crippen molar-refractivity contribution in [2.24, 2.45) is 0 Å². The lowest BCUT2D eigenvalue weighted by atomic mass is 10.1. The van der Waals surface area contributed by atoms with Gasteiger partial charge in [-0.2, -0.15) is 0 Å². The molecule has 0 radical (unpaired) electrons. The topological polar surface area (TPSA) is 29.5 Å². The SMILES string of the molecule is Cc1ccc([C@H](C)O)c(OCc2ccc(Cl)c(F)c2)c1. The monoisotopic (exact) mass is 294 g/mol. The molecular formula is C16H16ClFO2. The van der Waals surface area contributed by atoms with Crippen molar-refractivity contribution in [3.8, 4) is 5.75 Å². The molecule has 0 saturated carbocycles. The van der Waals surface area contributed by atoms with Crippen LogP contribution in [0.2, 0.25) is 5.02 Å². The molecule has 1 N–H and O–H groups in total. The van der Waals surface area contributed by atoms with Gasteiger partial charge >= 0.3 is 0 Å². The quantitative estimate of drug-likeness (QED) is 0.904. The van der Waals surface area contributed by atoms with Crippen molar-refractivity contribution in [2.45, 2.75) is 26.6 Å². The molecule has 0 saturated heterocycles. The fraction of sp³-hybridized carbons (Fsp3) is 0.250. The minimum atomic E-state index is -0.618. The summed E-state index contributed by atoms with van der Waals surface area (Å²) in [6.45, 7) is 3.84. The molecule has 0 fully saturated rings. The van der Waals surface area contributed by atoms with Crippen molar-refractivity contribution >= 4 is 11.6 Å². The number of ether oxygens (including phenoxy) is 1. The Morgan fingerprint density at radius 2 is 2.00 bits per heavy atom. The third-order valence-electron chi connectivity index (χ3n) is 3.00. The third-order valence-corrected chi connectivity index (χ3v) is 3.30. The number of halogens is 2. The largest absolute Gasteiger partial charge is 0.489 e. The van der Waals surface area contributed by atoms with E-state index in [-0.39, 0.29) is 11.6 Å². The molecule has 2 aromatic carbocycles. The summed E-state index contributed by atoms with van der Waals surface area (Å²) in [5.74, 6) is 0.142. The summed E-state index contributed by atoms with van der Waals surface area (Å²) in [5, 5.41) is 9.81. The first-order valence-corrected chi connectivity index (χ1v) is 6.70. The Hall–Kier alpha value is -1.58. The first kappa shape index (κ1) is 14.8. The number of hydrogen-bond donors (Lipinski definition) is 1. The van der Waals surface area contributed by atoms with Crippen LogP contribution in [-0.4, -0.2) is 5.11 Å². The highest BCUT2D eigenvalue weighted by Gasteiger charge is 2.10. The Kier molecular flexibility index (Phi) is 4.63. The first-order chi connectivity index (χ1) is 9.47. The summed E-state index contributed by atoms with van der Waals surface area (Å²) in [5.41, 5.74) is 2.43. The fourth-order valence-corrected chi connectivity index (χ4v) is 2.02. The molecule has 20 heavy (non-hydrogen) atoms. The summed E-state index contributed by atoms with van der Waals surface area (Å²) in [6.07, 6.45) is -0.618. The number of aliphatic hydroxyl groups excluding tert-OH is 1. The van der Waals surface area contributed by atoms with E-state index in [0.717, 1.165) is 5.56 Å². The van der Waals surface area contributed by atoms with E-state index >= 15 is 0 Å². The van der Waals surface area contributed by atoms with Crippen molar-refractivity contribution in [3.05, 3.63) is 63.9 Å². The van der Waals surface area contributed by atoms with E-state index in [0.29, 0.717) is 16.9 Å². The predicted molar refractivity (Wildman–Crippen MR) is 77.6 cm³/mol. The number of aliphatic hydroxyl groups is 1. The molecule has 0 aliphatic rings. The molecule has 0 amide bonds. The molecule has 106 valence electrons. The highest BCUT2D eigenvalue weighted by Crippen LogP contribution is 2.27. The van der Waals surface area contributed by atoms with Gasteiger partial charge in [-0.25, -0.2) is 4.39 Å². The summed E-state index contributed by atoms with van der Waals surface area (Å²) in [4.78, 5) is 0. The van der Waals surface area contributed by atoms with Gasteiger partial charge in [-0.3, -0.25) is 0 Å². The molecule has 2 aromatic rings. The maximum Gasteiger partial charge on any atom is 0.142 e. The van der Waals surface area contributed by atoms with Crippen LogP contribution < -0.4 is 4.74 Å². The molecule has 2 nitrogen and oxygen atoms in total. The van der Waals surface area contributed by atoms with Gasteiger partial charge in [0.2, 0.25) is 0 Å². The van der Waals surface area contributed by atoms with Gasteiger partial charge in [0.05, 0.1) is 11.1 Å². The normalized spacial score (nSPS) is 12.2. The molecule has 0 heterocycles. The van der Waals surface area contributed by atoms with Gasteiger partial charge in [-0.05, 0) is 43.2 Å². The van der Waals surface area contributed by atoms with Gasteiger partial charge in [-0.1, -0.05) is 29.8 Å². The van der Waals surface area contributed by atoms with E-state index in [4.69, 9.17) is 16.3 Å². The van der Waals surface area contributed by atoms with Crippen LogP contribution in [0.5, 0.6) is 5.75 Å². The first-order valence-electron chi connectivity index (χ1n) is 6.32. The zero-order valence-corrected chi connectivity index (χ0v) is 12.1. The van der Waals surface area contributed by atoms with Crippen molar-refractivity contribution in [1.82, 2.24) is 0 Å². The Bertz CT molecular complexity index is 611. The van der Waals surface area contributed by atoms with Crippen LogP contribution in [0.4, 0.5) is 4.39 Å². The molecular weight excluding hydrogens is 279 g/mol. The third kappa shape index (κ3) is 3.50. The van der Waals surface area contributed by atoms with Gasteiger partial charge in [0, 0.05) is 5.56 Å². The van der Waals surface area contributed by atoms with Crippen molar-refractivity contribution < 1.29 is 14.2 Å². The zero-order valence-electron chi connectivity index (χ0n) is 11.4. The molecule has 0 spiro atoms. The van der Waals surface area contributed by atoms with Gasteiger partial charge in [0.25, 0.3) is 0 Å². The van der Waals surface area contributed by atoms with Crippen LogP contribution in [0.25, 0.3) is 0 Å². The molecule has 0 aliphatic heterocycles. The van der Waals surface area contributed by atoms with Gasteiger partial charge < -0.3 is 9.84 Å². The molecule has 0 aromatic heterocycles. The van der Waals surface area contributed by atoms with Crippen LogP contribution in [0.15, 0.2) is 36.4 Å². The lowest BCUT2D eigenvalue weighted by Gasteiger charge is -2.14. The maximum atomic E-state index is 13.3. The van der Waals surface area contributed by atoms with Crippen LogP contribution in [0.1, 0.15) is 29.7 Å². The minimum Gasteiger partial charge on any atom is -0.489 e. The second-order valence-corrected chi connectivity index (χ2v) is 5.16. The van der Waals surface area contributed by atoms with E-state index in [1.165, 1.54) is 12.1 Å². The van der Waals surface area contributed by atoms with Crippen LogP contribution in [-0.2, 0) is 6.61 Å². The number of benzene rings is 2. The van der Waals surface area contributed by atoms with E-state index < -0.39 is 11.9 Å². The number of rotatable bonds is 4. The van der Waals surface area contributed by atoms with Gasteiger partial charge in [0.1, 0.15) is 18.2 Å². The average molecular weight is 295 g/mol. The summed E-state index contributed by atoms with van der Waals surface area (Å²) >= 11 is 5.64. The molecule has 1 atom stereocenters. The molecule has 4 heteroatoms. The fourth-order valence-electron chi connectivity index (χ4n) is 1.90. The van der Waals surface area contributed by atoms with E-state index in [2.05, 4.69) is 0 Å². The highest BCUT2D eigenvalue weighted by molar-refractivity contribution is 6.30. The molecule has 0 aliphatic carbocycles. The smallest absolute Gasteiger partial charge is 0.142 e. The van der Waals surface area contributed by atoms with Crippen molar-refractivity contribution in [1.29, 1.82) is 0 Å². The number of hydrogen-bond acceptors (Lipinski definition) is 2. The van der Waals surface area contributed by atoms with E-state index in [9.17, 15) is 9.50 Å². The maximum absolute atomic E-state index is 13.3. The van der Waals surface area contributed by atoms with Gasteiger partial charge in [-0.15, -0.1) is 0 Å². The van der Waals surface area contributed by atoms with Crippen molar-refractivity contribution in [3.63, 3.8) is 0 Å².